The normalized spacial score (nSPS) is 15.1. The third-order valence-electron chi connectivity index (χ3n) is 6.75. The van der Waals surface area contributed by atoms with Gasteiger partial charge in [0, 0.05) is 24.6 Å². The van der Waals surface area contributed by atoms with Crippen molar-refractivity contribution in [2.75, 3.05) is 18.5 Å². The first-order chi connectivity index (χ1) is 19.9. The topological polar surface area (TPSA) is 179 Å². The van der Waals surface area contributed by atoms with Crippen molar-refractivity contribution in [3.8, 4) is 28.4 Å². The van der Waals surface area contributed by atoms with Crippen molar-refractivity contribution in [2.45, 2.75) is 25.6 Å². The van der Waals surface area contributed by atoms with Gasteiger partial charge in [0.25, 0.3) is 5.56 Å². The quantitative estimate of drug-likeness (QED) is 0.195. The maximum absolute atomic E-state index is 12.5. The number of hydrogen-bond donors (Lipinski definition) is 4. The molecule has 0 saturated heterocycles. The summed E-state index contributed by atoms with van der Waals surface area (Å²) >= 11 is 0. The Hall–Kier alpha value is -5.30. The second-order valence-corrected chi connectivity index (χ2v) is 9.62. The number of ether oxygens (including phenoxy) is 2. The zero-order valence-electron chi connectivity index (χ0n) is 22.0. The lowest BCUT2D eigenvalue weighted by molar-refractivity contribution is -0.128. The predicted molar refractivity (Wildman–Crippen MR) is 149 cm³/mol. The number of pyridine rings is 1. The molecule has 13 nitrogen and oxygen atoms in total. The number of rotatable bonds is 9. The van der Waals surface area contributed by atoms with Gasteiger partial charge in [-0.05, 0) is 36.8 Å². The van der Waals surface area contributed by atoms with Gasteiger partial charge in [0.2, 0.25) is 11.9 Å². The molecule has 13 heteroatoms. The predicted octanol–water partition coefficient (Wildman–Crippen LogP) is 1.39. The molecule has 0 saturated carbocycles. The van der Waals surface area contributed by atoms with Crippen molar-refractivity contribution in [3.05, 3.63) is 76.8 Å². The van der Waals surface area contributed by atoms with Gasteiger partial charge in [0.15, 0.2) is 22.9 Å². The summed E-state index contributed by atoms with van der Waals surface area (Å²) in [4.78, 5) is 44.9. The van der Waals surface area contributed by atoms with Crippen molar-refractivity contribution in [3.63, 3.8) is 0 Å². The molecule has 5 N–H and O–H groups in total. The number of amides is 1. The first-order valence-electron chi connectivity index (χ1n) is 12.9. The molecule has 0 bridgehead atoms. The number of carbonyl (C=O) groups excluding carboxylic acids is 2. The van der Waals surface area contributed by atoms with E-state index in [1.54, 1.807) is 17.0 Å². The largest absolute Gasteiger partial charge is 0.486 e. The van der Waals surface area contributed by atoms with Gasteiger partial charge in [0.05, 0.1) is 17.5 Å². The first-order valence-corrected chi connectivity index (χ1v) is 12.9. The molecule has 4 heterocycles. The van der Waals surface area contributed by atoms with E-state index in [4.69, 9.17) is 20.2 Å². The van der Waals surface area contributed by atoms with Gasteiger partial charge >= 0.3 is 0 Å². The Balaban J connectivity index is 1.27. The molecule has 3 aromatic rings. The summed E-state index contributed by atoms with van der Waals surface area (Å²) < 4.78 is 13.6. The molecular formula is C28H26N8O5. The number of primary amides is 1. The molecule has 6 rings (SSSR count). The number of carbonyl (C=O) groups is 2. The van der Waals surface area contributed by atoms with Gasteiger partial charge in [0.1, 0.15) is 24.4 Å². The monoisotopic (exact) mass is 554 g/mol. The van der Waals surface area contributed by atoms with E-state index >= 15 is 0 Å². The summed E-state index contributed by atoms with van der Waals surface area (Å²) in [7, 11) is 0. The van der Waals surface area contributed by atoms with Crippen LogP contribution < -0.4 is 31.4 Å². The Bertz CT molecular complexity index is 1770. The fraction of sp³-hybridized carbons (Fsp3) is 0.214. The minimum atomic E-state index is -1.06. The third-order valence-corrected chi connectivity index (χ3v) is 6.75. The number of fused-ring (bicyclic) bond motifs is 4. The van der Waals surface area contributed by atoms with Crippen LogP contribution >= 0.6 is 0 Å². The van der Waals surface area contributed by atoms with Gasteiger partial charge in [-0.3, -0.25) is 19.7 Å². The highest BCUT2D eigenvalue weighted by atomic mass is 16.6. The van der Waals surface area contributed by atoms with E-state index in [1.807, 2.05) is 48.5 Å². The molecule has 2 aromatic carbocycles. The van der Waals surface area contributed by atoms with Crippen LogP contribution in [0.2, 0.25) is 0 Å². The van der Waals surface area contributed by atoms with E-state index in [0.717, 1.165) is 11.3 Å². The van der Waals surface area contributed by atoms with Crippen LogP contribution in [0.1, 0.15) is 12.5 Å². The molecule has 208 valence electrons. The number of nitrogens with zero attached hydrogens (tertiary/aromatic N) is 4. The summed E-state index contributed by atoms with van der Waals surface area (Å²) in [5.74, 6) is 0.681. The highest BCUT2D eigenvalue weighted by Crippen LogP contribution is 2.31. The zero-order chi connectivity index (χ0) is 28.5. The third kappa shape index (κ3) is 5.17. The minimum absolute atomic E-state index is 0.244. The Kier molecular flexibility index (Phi) is 6.77. The Morgan fingerprint density at radius 1 is 1.17 bits per heavy atom. The lowest BCUT2D eigenvalue weighted by Gasteiger charge is -2.26. The Morgan fingerprint density at radius 3 is 2.71 bits per heavy atom. The number of nitrogens with two attached hydrogens (primary N) is 1. The van der Waals surface area contributed by atoms with Crippen LogP contribution in [0.5, 0.6) is 11.5 Å². The summed E-state index contributed by atoms with van der Waals surface area (Å²) in [6.07, 6.45) is 3.06. The Labute approximate surface area is 233 Å². The van der Waals surface area contributed by atoms with E-state index in [0.29, 0.717) is 52.9 Å². The fourth-order valence-corrected chi connectivity index (χ4v) is 4.66. The van der Waals surface area contributed by atoms with Crippen molar-refractivity contribution >= 4 is 28.7 Å². The Morgan fingerprint density at radius 2 is 1.95 bits per heavy atom. The lowest BCUT2D eigenvalue weighted by atomic mass is 10.1. The zero-order valence-corrected chi connectivity index (χ0v) is 22.0. The van der Waals surface area contributed by atoms with Gasteiger partial charge < -0.3 is 25.1 Å². The van der Waals surface area contributed by atoms with Crippen LogP contribution in [0, 0.1) is 0 Å². The molecule has 0 fully saturated rings. The molecule has 1 aromatic heterocycles. The number of anilines is 1. The molecule has 0 spiro atoms. The number of hydrogen-bond acceptors (Lipinski definition) is 10. The molecule has 0 aliphatic carbocycles. The number of ketones is 1. The molecule has 0 radical (unpaired) electrons. The van der Waals surface area contributed by atoms with Crippen molar-refractivity contribution in [1.82, 2.24) is 30.0 Å². The molecule has 2 atom stereocenters. The summed E-state index contributed by atoms with van der Waals surface area (Å²) in [6, 6.07) is 13.8. The molecule has 2 unspecified atom stereocenters. The summed E-state index contributed by atoms with van der Waals surface area (Å²) in [6.45, 7) is 2.36. The van der Waals surface area contributed by atoms with E-state index in [9.17, 15) is 14.4 Å². The van der Waals surface area contributed by atoms with E-state index < -0.39 is 11.9 Å². The minimum Gasteiger partial charge on any atom is -0.486 e. The second-order valence-electron chi connectivity index (χ2n) is 9.62. The number of Topliss-reactive ketones (excluding diaryl/α,β-unsaturated/α-hetero) is 1. The van der Waals surface area contributed by atoms with Crippen molar-refractivity contribution in [2.24, 2.45) is 5.73 Å². The van der Waals surface area contributed by atoms with Crippen molar-refractivity contribution in [1.29, 1.82) is 0 Å². The van der Waals surface area contributed by atoms with Gasteiger partial charge in [-0.15, -0.1) is 0 Å². The van der Waals surface area contributed by atoms with Crippen LogP contribution in [0.3, 0.4) is 0 Å². The van der Waals surface area contributed by atoms with Crippen LogP contribution in [0.4, 0.5) is 5.95 Å². The molecule has 1 amide bonds. The van der Waals surface area contributed by atoms with Crippen LogP contribution in [0.15, 0.2) is 65.7 Å². The van der Waals surface area contributed by atoms with E-state index in [1.165, 1.54) is 6.92 Å². The number of benzene rings is 2. The number of aromatic amines is 1. The van der Waals surface area contributed by atoms with Gasteiger partial charge in [-0.1, -0.05) is 24.3 Å². The number of para-hydroxylation sites is 2. The summed E-state index contributed by atoms with van der Waals surface area (Å²) in [5, 5.41) is 13.4. The van der Waals surface area contributed by atoms with Crippen LogP contribution in [-0.4, -0.2) is 61.7 Å². The average Bonchev–Trinajstić information content (AvgIpc) is 3.36. The van der Waals surface area contributed by atoms with Gasteiger partial charge in [-0.25, -0.2) is 10.1 Å². The molecule has 3 aliphatic rings. The van der Waals surface area contributed by atoms with Crippen molar-refractivity contribution < 1.29 is 19.1 Å². The molecule has 3 aliphatic heterocycles. The van der Waals surface area contributed by atoms with Crippen LogP contribution in [0.25, 0.3) is 28.0 Å². The maximum atomic E-state index is 12.5. The van der Waals surface area contributed by atoms with Crippen LogP contribution in [-0.2, 0) is 16.1 Å². The highest BCUT2D eigenvalue weighted by Gasteiger charge is 2.23. The number of H-pyrrole nitrogens is 1. The average molecular weight is 555 g/mol. The smallest absolute Gasteiger partial charge is 0.275 e. The standard InChI is InChI=1S/C28H26N8O5/c1-15(37)23(25(29)38)30-10-16-6-8-17(9-7-16)36-13-20-24(34-35-27(20)39)19-12-32-28(33-26(19)36)31-11-18-14-40-21-4-2-3-5-22(21)41-18/h2-9,12-13,18,23,30H,10-11,14H2,1H3,(H2,29,38)(H,35,39)(H,31,32,33). The first kappa shape index (κ1) is 26.0. The maximum Gasteiger partial charge on any atom is 0.275 e. The number of nitrogens with one attached hydrogen (secondary N) is 3. The van der Waals surface area contributed by atoms with E-state index in [2.05, 4.69) is 25.8 Å². The molecule has 41 heavy (non-hydrogen) atoms. The fourth-order valence-electron chi connectivity index (χ4n) is 4.66. The van der Waals surface area contributed by atoms with E-state index in [-0.39, 0.29) is 24.0 Å². The van der Waals surface area contributed by atoms with Gasteiger partial charge in [-0.2, -0.15) is 10.1 Å². The highest BCUT2D eigenvalue weighted by molar-refractivity contribution is 6.03. The second kappa shape index (κ2) is 10.7. The number of aromatic nitrogens is 5. The summed E-state index contributed by atoms with van der Waals surface area (Å²) in [5.41, 5.74) is 7.93. The molecular weight excluding hydrogens is 528 g/mol. The SMILES string of the molecule is CC(=O)C(NCc1ccc(-n2cc3c(=O)[nH]nc-3c3cnc(NCC4COc5ccccc5O4)nc32)cc1)C(N)=O. The lowest BCUT2D eigenvalue weighted by Crippen LogP contribution is -2.45.